The second-order valence-electron chi connectivity index (χ2n) is 6.96. The molecule has 0 atom stereocenters. The van der Waals surface area contributed by atoms with E-state index in [4.69, 9.17) is 25.8 Å². The molecule has 0 aliphatic carbocycles. The first kappa shape index (κ1) is 20.7. The van der Waals surface area contributed by atoms with Gasteiger partial charge in [0.1, 0.15) is 18.1 Å². The average Bonchev–Trinajstić information content (AvgIpc) is 3.14. The molecule has 0 amide bonds. The zero-order valence-electron chi connectivity index (χ0n) is 17.1. The maximum atomic E-state index is 12.3. The molecule has 3 aromatic carbocycles. The minimum Gasteiger partial charge on any atom is -0.496 e. The molecule has 0 saturated carbocycles. The van der Waals surface area contributed by atoms with Crippen molar-refractivity contribution in [2.24, 2.45) is 4.99 Å². The lowest BCUT2D eigenvalue weighted by Crippen LogP contribution is -2.07. The Labute approximate surface area is 185 Å². The topological polar surface area (TPSA) is 57.1 Å². The number of rotatable bonds is 6. The van der Waals surface area contributed by atoms with Crippen LogP contribution in [0.3, 0.4) is 0 Å². The summed E-state index contributed by atoms with van der Waals surface area (Å²) >= 11 is 6.07. The van der Waals surface area contributed by atoms with E-state index in [0.717, 1.165) is 16.9 Å². The van der Waals surface area contributed by atoms with Crippen molar-refractivity contribution in [2.45, 2.75) is 13.5 Å². The molecule has 0 N–H and O–H groups in total. The van der Waals surface area contributed by atoms with E-state index in [1.807, 2.05) is 42.5 Å². The van der Waals surface area contributed by atoms with E-state index in [-0.39, 0.29) is 11.6 Å². The largest absolute Gasteiger partial charge is 0.496 e. The molecular formula is C25H20ClNO4. The van der Waals surface area contributed by atoms with Gasteiger partial charge in [-0.15, -0.1) is 0 Å². The number of carbonyl (C=O) groups excluding carboxylic acids is 1. The molecule has 6 heteroatoms. The van der Waals surface area contributed by atoms with Gasteiger partial charge < -0.3 is 14.2 Å². The van der Waals surface area contributed by atoms with Crippen LogP contribution in [-0.4, -0.2) is 19.0 Å². The van der Waals surface area contributed by atoms with Crippen LogP contribution in [0.1, 0.15) is 22.3 Å². The number of aryl methyl sites for hydroxylation is 1. The minimum atomic E-state index is -0.531. The number of aliphatic imine (C=N–C) groups is 1. The van der Waals surface area contributed by atoms with Gasteiger partial charge in [0.2, 0.25) is 5.90 Å². The van der Waals surface area contributed by atoms with Gasteiger partial charge in [-0.25, -0.2) is 9.79 Å². The van der Waals surface area contributed by atoms with Crippen LogP contribution in [0, 0.1) is 6.92 Å². The number of esters is 1. The number of methoxy groups -OCH3 is 1. The number of nitrogens with zero attached hydrogens (tertiary/aromatic N) is 1. The van der Waals surface area contributed by atoms with Gasteiger partial charge in [-0.2, -0.15) is 0 Å². The molecule has 5 nitrogen and oxygen atoms in total. The number of carbonyl (C=O) groups is 1. The zero-order chi connectivity index (χ0) is 21.8. The van der Waals surface area contributed by atoms with Gasteiger partial charge in [-0.05, 0) is 60.0 Å². The van der Waals surface area contributed by atoms with Gasteiger partial charge in [0.15, 0.2) is 5.70 Å². The number of hydrogen-bond donors (Lipinski definition) is 0. The molecule has 0 bridgehead atoms. The molecule has 0 saturated heterocycles. The minimum absolute atomic E-state index is 0.161. The van der Waals surface area contributed by atoms with Crippen LogP contribution in [0.25, 0.3) is 6.08 Å². The van der Waals surface area contributed by atoms with E-state index < -0.39 is 5.97 Å². The molecule has 156 valence electrons. The molecule has 0 unspecified atom stereocenters. The van der Waals surface area contributed by atoms with Crippen molar-refractivity contribution in [3.63, 3.8) is 0 Å². The molecule has 0 spiro atoms. The molecular weight excluding hydrogens is 414 g/mol. The monoisotopic (exact) mass is 433 g/mol. The highest BCUT2D eigenvalue weighted by molar-refractivity contribution is 6.31. The van der Waals surface area contributed by atoms with Crippen LogP contribution in [0.2, 0.25) is 5.02 Å². The highest BCUT2D eigenvalue weighted by atomic mass is 35.5. The van der Waals surface area contributed by atoms with Gasteiger partial charge >= 0.3 is 5.97 Å². The number of ether oxygens (including phenoxy) is 3. The Hall–Kier alpha value is -3.57. The van der Waals surface area contributed by atoms with E-state index in [0.29, 0.717) is 22.9 Å². The first-order valence-electron chi connectivity index (χ1n) is 9.67. The number of hydrogen-bond acceptors (Lipinski definition) is 5. The summed E-state index contributed by atoms with van der Waals surface area (Å²) < 4.78 is 16.5. The summed E-state index contributed by atoms with van der Waals surface area (Å²) in [5.74, 6) is 0.894. The van der Waals surface area contributed by atoms with Crippen LogP contribution in [0.4, 0.5) is 0 Å². The Morgan fingerprint density at radius 1 is 1.06 bits per heavy atom. The van der Waals surface area contributed by atoms with Gasteiger partial charge in [0, 0.05) is 5.02 Å². The van der Waals surface area contributed by atoms with Gasteiger partial charge in [-0.1, -0.05) is 48.0 Å². The molecule has 4 rings (SSSR count). The third-order valence-electron chi connectivity index (χ3n) is 4.85. The highest BCUT2D eigenvalue weighted by Crippen LogP contribution is 2.28. The smallest absolute Gasteiger partial charge is 0.363 e. The second-order valence-corrected chi connectivity index (χ2v) is 7.40. The van der Waals surface area contributed by atoms with Crippen molar-refractivity contribution in [1.82, 2.24) is 0 Å². The van der Waals surface area contributed by atoms with Crippen molar-refractivity contribution in [1.29, 1.82) is 0 Å². The Morgan fingerprint density at radius 3 is 2.58 bits per heavy atom. The summed E-state index contributed by atoms with van der Waals surface area (Å²) in [6.45, 7) is 2.55. The number of cyclic esters (lactones) is 1. The summed E-state index contributed by atoms with van der Waals surface area (Å²) in [6.07, 6.45) is 1.66. The van der Waals surface area contributed by atoms with Gasteiger partial charge in [0.25, 0.3) is 0 Å². The van der Waals surface area contributed by atoms with Crippen molar-refractivity contribution < 1.29 is 19.0 Å². The predicted octanol–water partition coefficient (Wildman–Crippen LogP) is 5.58. The Morgan fingerprint density at radius 2 is 1.84 bits per heavy atom. The van der Waals surface area contributed by atoms with E-state index in [2.05, 4.69) is 18.0 Å². The Balaban J connectivity index is 1.50. The van der Waals surface area contributed by atoms with Crippen molar-refractivity contribution in [2.75, 3.05) is 7.11 Å². The lowest BCUT2D eigenvalue weighted by molar-refractivity contribution is -0.129. The van der Waals surface area contributed by atoms with E-state index in [1.165, 1.54) is 12.7 Å². The van der Waals surface area contributed by atoms with Crippen LogP contribution in [0.5, 0.6) is 11.5 Å². The number of benzene rings is 3. The molecule has 1 heterocycles. The predicted molar refractivity (Wildman–Crippen MR) is 121 cm³/mol. The summed E-state index contributed by atoms with van der Waals surface area (Å²) in [7, 11) is 1.53. The second kappa shape index (κ2) is 9.06. The summed E-state index contributed by atoms with van der Waals surface area (Å²) in [4.78, 5) is 16.6. The summed E-state index contributed by atoms with van der Waals surface area (Å²) in [6, 6.07) is 20.6. The molecule has 3 aromatic rings. The van der Waals surface area contributed by atoms with Crippen LogP contribution in [-0.2, 0) is 16.1 Å². The van der Waals surface area contributed by atoms with Crippen molar-refractivity contribution in [3.05, 3.63) is 99.7 Å². The van der Waals surface area contributed by atoms with Crippen molar-refractivity contribution in [3.8, 4) is 11.5 Å². The van der Waals surface area contributed by atoms with Crippen LogP contribution in [0.15, 0.2) is 77.4 Å². The fraction of sp³-hybridized carbons (Fsp3) is 0.120. The summed E-state index contributed by atoms with van der Waals surface area (Å²) in [5, 5.41) is 0.494. The lowest BCUT2D eigenvalue weighted by atomic mass is 10.1. The SMILES string of the molecule is COc1ccc(Cl)cc1C1=N/C(=C/c2ccc(OCc3ccccc3C)cc2)C(=O)O1. The van der Waals surface area contributed by atoms with E-state index >= 15 is 0 Å². The maximum absolute atomic E-state index is 12.3. The Bertz CT molecular complexity index is 1180. The fourth-order valence-electron chi connectivity index (χ4n) is 3.12. The first-order valence-corrected chi connectivity index (χ1v) is 10.0. The van der Waals surface area contributed by atoms with Crippen LogP contribution < -0.4 is 9.47 Å². The normalized spacial score (nSPS) is 14.4. The summed E-state index contributed by atoms with van der Waals surface area (Å²) in [5.41, 5.74) is 3.85. The number of halogens is 1. The Kier molecular flexibility index (Phi) is 6.05. The fourth-order valence-corrected chi connectivity index (χ4v) is 3.30. The quantitative estimate of drug-likeness (QED) is 0.376. The maximum Gasteiger partial charge on any atom is 0.363 e. The van der Waals surface area contributed by atoms with E-state index in [1.54, 1.807) is 24.3 Å². The van der Waals surface area contributed by atoms with Gasteiger partial charge in [0.05, 0.1) is 12.7 Å². The molecule has 0 aromatic heterocycles. The average molecular weight is 434 g/mol. The van der Waals surface area contributed by atoms with Crippen LogP contribution >= 0.6 is 11.6 Å². The third-order valence-corrected chi connectivity index (χ3v) is 5.09. The molecule has 0 fully saturated rings. The lowest BCUT2D eigenvalue weighted by Gasteiger charge is -2.08. The van der Waals surface area contributed by atoms with Crippen molar-refractivity contribution >= 4 is 29.5 Å². The molecule has 1 aliphatic rings. The molecule has 31 heavy (non-hydrogen) atoms. The van der Waals surface area contributed by atoms with Gasteiger partial charge in [-0.3, -0.25) is 0 Å². The molecule has 1 aliphatic heterocycles. The highest BCUT2D eigenvalue weighted by Gasteiger charge is 2.26. The molecule has 0 radical (unpaired) electrons. The first-order chi connectivity index (χ1) is 15.0. The standard InChI is InChI=1S/C25H20ClNO4/c1-16-5-3-4-6-18(16)15-30-20-10-7-17(8-11-20)13-22-25(28)31-24(27-22)21-14-19(26)9-12-23(21)29-2/h3-14H,15H2,1-2H3/b22-13+. The third kappa shape index (κ3) is 4.78. The van der Waals surface area contributed by atoms with E-state index in [9.17, 15) is 4.79 Å². The zero-order valence-corrected chi connectivity index (χ0v) is 17.8.